The van der Waals surface area contributed by atoms with Crippen molar-refractivity contribution in [1.82, 2.24) is 39.6 Å². The molecule has 4 aromatic heterocycles. The monoisotopic (exact) mass is 527 g/mol. The number of amides is 1. The Morgan fingerprint density at radius 1 is 1.21 bits per heavy atom. The van der Waals surface area contributed by atoms with Crippen LogP contribution in [0.4, 0.5) is 5.69 Å². The molecule has 12 heteroatoms. The van der Waals surface area contributed by atoms with Crippen LogP contribution >= 0.6 is 11.8 Å². The average molecular weight is 528 g/mol. The number of nitrogens with zero attached hydrogens (tertiary/aromatic N) is 7. The first kappa shape index (κ1) is 23.0. The molecule has 0 spiro atoms. The smallest absolute Gasteiger partial charge is 0.272 e. The van der Waals surface area contributed by atoms with Gasteiger partial charge in [0.05, 0.1) is 47.2 Å². The number of pyridine rings is 1. The number of likely N-dealkylation sites (tertiary alicyclic amines) is 1. The van der Waals surface area contributed by atoms with Gasteiger partial charge in [0.1, 0.15) is 11.4 Å². The first-order valence-electron chi connectivity index (χ1n) is 12.3. The third-order valence-corrected chi connectivity index (χ3v) is 7.98. The lowest BCUT2D eigenvalue weighted by Gasteiger charge is -2.36. The number of carbonyl (C=O) groups excluding carboxylic acids is 1. The van der Waals surface area contributed by atoms with Gasteiger partial charge in [0.25, 0.3) is 5.91 Å². The highest BCUT2D eigenvalue weighted by Crippen LogP contribution is 2.39. The Labute approximate surface area is 222 Å². The Morgan fingerprint density at radius 3 is 2.95 bits per heavy atom. The molecule has 192 valence electrons. The lowest BCUT2D eigenvalue weighted by Crippen LogP contribution is -2.57. The predicted octanol–water partition coefficient (Wildman–Crippen LogP) is 2.70. The van der Waals surface area contributed by atoms with Crippen molar-refractivity contribution >= 4 is 39.9 Å². The molecular weight excluding hydrogens is 502 g/mol. The van der Waals surface area contributed by atoms with Crippen LogP contribution in [0.1, 0.15) is 10.5 Å². The number of thioether (sulfide) groups is 1. The summed E-state index contributed by atoms with van der Waals surface area (Å²) < 4.78 is 9.29. The van der Waals surface area contributed by atoms with E-state index in [4.69, 9.17) is 14.8 Å². The van der Waals surface area contributed by atoms with Crippen molar-refractivity contribution in [2.24, 2.45) is 0 Å². The van der Waals surface area contributed by atoms with E-state index in [1.165, 1.54) is 0 Å². The molecule has 2 aliphatic heterocycles. The molecule has 1 fully saturated rings. The Morgan fingerprint density at radius 2 is 2.11 bits per heavy atom. The number of nitrogens with one attached hydrogen (secondary N) is 2. The molecule has 6 heterocycles. The molecule has 38 heavy (non-hydrogen) atoms. The highest BCUT2D eigenvalue weighted by molar-refractivity contribution is 7.99. The van der Waals surface area contributed by atoms with E-state index in [0.29, 0.717) is 28.2 Å². The fraction of sp³-hybridized carbons (Fsp3) is 0.269. The molecular formula is C26H25N9O2S. The minimum atomic E-state index is -0.216. The van der Waals surface area contributed by atoms with Gasteiger partial charge in [-0.1, -0.05) is 0 Å². The van der Waals surface area contributed by atoms with Crippen LogP contribution in [0.5, 0.6) is 5.75 Å². The molecule has 0 bridgehead atoms. The van der Waals surface area contributed by atoms with E-state index in [9.17, 15) is 4.79 Å². The second-order valence-electron chi connectivity index (χ2n) is 9.48. The maximum absolute atomic E-state index is 13.4. The van der Waals surface area contributed by atoms with Gasteiger partial charge in [0.2, 0.25) is 0 Å². The SMILES string of the molecule is COc1cc2c(cc1-n1nc(C(=O)NC3CN(C)C3)c3cnc(-c4cnn5cccnc45)cc31)SCCN2. The summed E-state index contributed by atoms with van der Waals surface area (Å²) in [7, 11) is 3.67. The van der Waals surface area contributed by atoms with Crippen LogP contribution in [0.3, 0.4) is 0 Å². The molecule has 0 radical (unpaired) electrons. The van der Waals surface area contributed by atoms with Crippen molar-refractivity contribution < 1.29 is 9.53 Å². The normalized spacial score (nSPS) is 15.7. The van der Waals surface area contributed by atoms with Crippen LogP contribution in [0, 0.1) is 0 Å². The Hall–Kier alpha value is -4.16. The van der Waals surface area contributed by atoms with Crippen molar-refractivity contribution in [2.75, 3.05) is 44.9 Å². The maximum atomic E-state index is 13.4. The van der Waals surface area contributed by atoms with Crippen LogP contribution < -0.4 is 15.4 Å². The number of hydrogen-bond donors (Lipinski definition) is 2. The molecule has 5 aromatic rings. The van der Waals surface area contributed by atoms with Gasteiger partial charge in [0, 0.05) is 54.9 Å². The Kier molecular flexibility index (Phi) is 5.44. The van der Waals surface area contributed by atoms with Crippen LogP contribution in [-0.2, 0) is 0 Å². The van der Waals surface area contributed by atoms with Crippen LogP contribution in [0.15, 0.2) is 53.9 Å². The lowest BCUT2D eigenvalue weighted by atomic mass is 10.1. The van der Waals surface area contributed by atoms with E-state index in [1.807, 2.05) is 31.4 Å². The molecule has 1 aromatic carbocycles. The summed E-state index contributed by atoms with van der Waals surface area (Å²) in [6.45, 7) is 2.53. The largest absolute Gasteiger partial charge is 0.494 e. The number of hydrogen-bond acceptors (Lipinski definition) is 9. The molecule has 1 amide bonds. The molecule has 2 aliphatic rings. The minimum absolute atomic E-state index is 0.102. The number of benzene rings is 1. The van der Waals surface area contributed by atoms with Crippen molar-refractivity contribution in [3.63, 3.8) is 0 Å². The third-order valence-electron chi connectivity index (χ3n) is 6.92. The van der Waals surface area contributed by atoms with E-state index in [-0.39, 0.29) is 11.9 Å². The van der Waals surface area contributed by atoms with E-state index in [1.54, 1.807) is 46.7 Å². The topological polar surface area (TPSA) is 114 Å². The molecule has 0 saturated carbocycles. The number of fused-ring (bicyclic) bond motifs is 3. The fourth-order valence-corrected chi connectivity index (χ4v) is 5.95. The van der Waals surface area contributed by atoms with E-state index >= 15 is 0 Å². The van der Waals surface area contributed by atoms with Gasteiger partial charge in [-0.25, -0.2) is 14.2 Å². The van der Waals surface area contributed by atoms with Gasteiger partial charge < -0.3 is 20.3 Å². The standard InChI is InChI=1S/C26H25N9O2S/c1-33-13-15(14-33)31-26(36)24-17-11-29-18(16-12-30-34-6-3-4-28-25(16)34)8-20(17)35(32-24)21-10-23-19(9-22(21)37-2)27-5-7-38-23/h3-4,6,8-12,15,27H,5,7,13-14H2,1-2H3,(H,31,36). The zero-order valence-corrected chi connectivity index (χ0v) is 21.7. The number of likely N-dealkylation sites (N-methyl/N-ethyl adjacent to an activating group) is 1. The van der Waals surface area contributed by atoms with Crippen molar-refractivity contribution in [3.05, 3.63) is 54.7 Å². The number of aromatic nitrogens is 6. The summed E-state index contributed by atoms with van der Waals surface area (Å²) in [6.07, 6.45) is 7.04. The van der Waals surface area contributed by atoms with Crippen molar-refractivity contribution in [3.8, 4) is 22.7 Å². The van der Waals surface area contributed by atoms with Crippen LogP contribution in [0.2, 0.25) is 0 Å². The van der Waals surface area contributed by atoms with Gasteiger partial charge in [-0.15, -0.1) is 11.8 Å². The Balaban J connectivity index is 1.41. The summed E-state index contributed by atoms with van der Waals surface area (Å²) in [5.74, 6) is 1.41. The van der Waals surface area contributed by atoms with E-state index in [0.717, 1.165) is 52.7 Å². The number of carbonyl (C=O) groups is 1. The Bertz CT molecular complexity index is 1710. The summed E-state index contributed by atoms with van der Waals surface area (Å²) in [5.41, 5.74) is 5.04. The third kappa shape index (κ3) is 3.75. The van der Waals surface area contributed by atoms with Crippen molar-refractivity contribution in [1.29, 1.82) is 0 Å². The molecule has 7 rings (SSSR count). The van der Waals surface area contributed by atoms with Gasteiger partial charge in [0.15, 0.2) is 11.3 Å². The van der Waals surface area contributed by atoms with Gasteiger partial charge in [-0.05, 0) is 25.2 Å². The quantitative estimate of drug-likeness (QED) is 0.356. The number of anilines is 1. The van der Waals surface area contributed by atoms with Crippen molar-refractivity contribution in [2.45, 2.75) is 10.9 Å². The van der Waals surface area contributed by atoms with Crippen LogP contribution in [-0.4, -0.2) is 85.8 Å². The number of methoxy groups -OCH3 is 1. The molecule has 1 saturated heterocycles. The highest BCUT2D eigenvalue weighted by Gasteiger charge is 2.28. The average Bonchev–Trinajstić information content (AvgIpc) is 3.53. The summed E-state index contributed by atoms with van der Waals surface area (Å²) >= 11 is 1.78. The van der Waals surface area contributed by atoms with E-state index < -0.39 is 0 Å². The van der Waals surface area contributed by atoms with Gasteiger partial charge in [-0.2, -0.15) is 10.2 Å². The summed E-state index contributed by atoms with van der Waals surface area (Å²) in [6, 6.07) is 7.93. The summed E-state index contributed by atoms with van der Waals surface area (Å²) in [5, 5.41) is 16.5. The lowest BCUT2D eigenvalue weighted by molar-refractivity contribution is 0.0854. The van der Waals surface area contributed by atoms with Gasteiger partial charge in [-0.3, -0.25) is 9.78 Å². The number of ether oxygens (including phenoxy) is 1. The van der Waals surface area contributed by atoms with Gasteiger partial charge >= 0.3 is 0 Å². The molecule has 0 unspecified atom stereocenters. The minimum Gasteiger partial charge on any atom is -0.494 e. The predicted molar refractivity (Wildman–Crippen MR) is 145 cm³/mol. The first-order valence-corrected chi connectivity index (χ1v) is 13.3. The first-order chi connectivity index (χ1) is 18.6. The molecule has 11 nitrogen and oxygen atoms in total. The highest BCUT2D eigenvalue weighted by atomic mass is 32.2. The molecule has 0 atom stereocenters. The zero-order chi connectivity index (χ0) is 25.8. The second kappa shape index (κ2) is 8.99. The molecule has 0 aliphatic carbocycles. The van der Waals surface area contributed by atoms with E-state index in [2.05, 4.69) is 31.7 Å². The fourth-order valence-electron chi connectivity index (χ4n) is 5.04. The summed E-state index contributed by atoms with van der Waals surface area (Å²) in [4.78, 5) is 25.8. The second-order valence-corrected chi connectivity index (χ2v) is 10.6. The number of rotatable bonds is 5. The molecule has 2 N–H and O–H groups in total. The zero-order valence-electron chi connectivity index (χ0n) is 20.9. The maximum Gasteiger partial charge on any atom is 0.272 e. The van der Waals surface area contributed by atoms with Crippen LogP contribution in [0.25, 0.3) is 33.5 Å².